The highest BCUT2D eigenvalue weighted by Crippen LogP contribution is 2.21. The fraction of sp³-hybridized carbons (Fsp3) is 0.231. The highest BCUT2D eigenvalue weighted by atomic mass is 19.3. The van der Waals surface area contributed by atoms with E-state index in [4.69, 9.17) is 4.42 Å². The number of nitrogens with one attached hydrogen (secondary N) is 1. The maximum atomic E-state index is 12.6. The molecule has 0 saturated heterocycles. The number of carbonyl (C=O) groups excluding carboxylic acids is 1. The van der Waals surface area contributed by atoms with Crippen LogP contribution in [0.3, 0.4) is 0 Å². The topological polar surface area (TPSA) is 55.1 Å². The summed E-state index contributed by atoms with van der Waals surface area (Å²) in [6.07, 6.45) is 3.20. The van der Waals surface area contributed by atoms with Crippen LogP contribution in [-0.2, 0) is 0 Å². The lowest BCUT2D eigenvalue weighted by molar-refractivity contribution is 0.0217. The number of hydrogen-bond acceptors (Lipinski definition) is 3. The second kappa shape index (κ2) is 5.17. The van der Waals surface area contributed by atoms with E-state index < -0.39 is 18.4 Å². The zero-order valence-corrected chi connectivity index (χ0v) is 10.2. The molecule has 0 aliphatic heterocycles. The Kier molecular flexibility index (Phi) is 3.59. The normalized spacial score (nSPS) is 11.3. The number of rotatable bonds is 4. The van der Waals surface area contributed by atoms with E-state index in [0.717, 1.165) is 6.92 Å². The van der Waals surface area contributed by atoms with E-state index in [-0.39, 0.29) is 5.76 Å². The number of nitrogens with zero attached hydrogens (tertiary/aromatic N) is 1. The van der Waals surface area contributed by atoms with Gasteiger partial charge in [-0.3, -0.25) is 9.78 Å². The minimum Gasteiger partial charge on any atom is -0.451 e. The van der Waals surface area contributed by atoms with E-state index in [2.05, 4.69) is 10.3 Å². The summed E-state index contributed by atoms with van der Waals surface area (Å²) in [5.74, 6) is -3.17. The predicted octanol–water partition coefficient (Wildman–Crippen LogP) is 2.73. The second-order valence-corrected chi connectivity index (χ2v) is 4.16. The van der Waals surface area contributed by atoms with E-state index in [1.54, 1.807) is 30.6 Å². The Hall–Kier alpha value is -2.24. The molecule has 19 heavy (non-hydrogen) atoms. The molecule has 6 heteroatoms. The first-order valence-corrected chi connectivity index (χ1v) is 5.62. The molecular weight excluding hydrogens is 254 g/mol. The average molecular weight is 266 g/mol. The van der Waals surface area contributed by atoms with Gasteiger partial charge >= 0.3 is 0 Å². The summed E-state index contributed by atoms with van der Waals surface area (Å²) in [6.45, 7) is 0.00520. The van der Waals surface area contributed by atoms with Crippen LogP contribution in [0.25, 0.3) is 11.3 Å². The van der Waals surface area contributed by atoms with E-state index in [1.165, 1.54) is 6.07 Å². The van der Waals surface area contributed by atoms with Crippen LogP contribution in [0.1, 0.15) is 17.5 Å². The molecular formula is C13H12F2N2O2. The van der Waals surface area contributed by atoms with Crippen molar-refractivity contribution in [1.82, 2.24) is 10.3 Å². The highest BCUT2D eigenvalue weighted by molar-refractivity contribution is 5.92. The summed E-state index contributed by atoms with van der Waals surface area (Å²) in [5.41, 5.74) is 0.711. The lowest BCUT2D eigenvalue weighted by Crippen LogP contribution is -2.34. The maximum Gasteiger partial charge on any atom is 0.287 e. The number of furan rings is 1. The van der Waals surface area contributed by atoms with Gasteiger partial charge in [0.1, 0.15) is 5.76 Å². The van der Waals surface area contributed by atoms with Crippen LogP contribution in [0, 0.1) is 0 Å². The van der Waals surface area contributed by atoms with Crippen molar-refractivity contribution in [3.63, 3.8) is 0 Å². The molecule has 2 aromatic heterocycles. The van der Waals surface area contributed by atoms with E-state index in [0.29, 0.717) is 11.3 Å². The smallest absolute Gasteiger partial charge is 0.287 e. The molecule has 2 rings (SSSR count). The van der Waals surface area contributed by atoms with Gasteiger partial charge in [-0.15, -0.1) is 0 Å². The van der Waals surface area contributed by atoms with Crippen molar-refractivity contribution in [2.75, 3.05) is 6.54 Å². The summed E-state index contributed by atoms with van der Waals surface area (Å²) in [6, 6.07) is 6.53. The molecule has 0 radical (unpaired) electrons. The molecule has 0 aromatic carbocycles. The van der Waals surface area contributed by atoms with Crippen LogP contribution in [0.5, 0.6) is 0 Å². The maximum absolute atomic E-state index is 12.6. The molecule has 0 aliphatic carbocycles. The van der Waals surface area contributed by atoms with Gasteiger partial charge in [-0.25, -0.2) is 8.78 Å². The summed E-state index contributed by atoms with van der Waals surface area (Å²) in [5, 5.41) is 2.11. The summed E-state index contributed by atoms with van der Waals surface area (Å²) < 4.78 is 30.5. The third-order valence-corrected chi connectivity index (χ3v) is 2.34. The lowest BCUT2D eigenvalue weighted by atomic mass is 10.2. The highest BCUT2D eigenvalue weighted by Gasteiger charge is 2.23. The molecule has 0 saturated carbocycles. The van der Waals surface area contributed by atoms with Crippen molar-refractivity contribution >= 4 is 5.91 Å². The molecule has 1 N–H and O–H groups in total. The standard InChI is InChI=1S/C13H12F2N2O2/c1-13(14,15)8-17-12(18)11-5-4-10(19-11)9-3-2-6-16-7-9/h2-7H,8H2,1H3,(H,17,18). The predicted molar refractivity (Wildman–Crippen MR) is 64.9 cm³/mol. The Morgan fingerprint density at radius 2 is 2.21 bits per heavy atom. The van der Waals surface area contributed by atoms with Crippen LogP contribution in [-0.4, -0.2) is 23.4 Å². The summed E-state index contributed by atoms with van der Waals surface area (Å²) in [4.78, 5) is 15.5. The van der Waals surface area contributed by atoms with Crippen LogP contribution in [0.2, 0.25) is 0 Å². The number of amides is 1. The molecule has 4 nitrogen and oxygen atoms in total. The minimum atomic E-state index is -2.95. The second-order valence-electron chi connectivity index (χ2n) is 4.16. The first-order valence-electron chi connectivity index (χ1n) is 5.62. The fourth-order valence-electron chi connectivity index (χ4n) is 1.45. The van der Waals surface area contributed by atoms with Crippen molar-refractivity contribution in [2.45, 2.75) is 12.8 Å². The zero-order valence-electron chi connectivity index (χ0n) is 10.2. The van der Waals surface area contributed by atoms with Crippen LogP contribution < -0.4 is 5.32 Å². The minimum absolute atomic E-state index is 0.0110. The molecule has 0 unspecified atom stereocenters. The van der Waals surface area contributed by atoms with E-state index >= 15 is 0 Å². The van der Waals surface area contributed by atoms with Crippen LogP contribution >= 0.6 is 0 Å². The van der Waals surface area contributed by atoms with Gasteiger partial charge in [0.05, 0.1) is 6.54 Å². The average Bonchev–Trinajstić information content (AvgIpc) is 2.86. The molecule has 2 heterocycles. The van der Waals surface area contributed by atoms with Gasteiger partial charge in [0.25, 0.3) is 11.8 Å². The molecule has 0 atom stereocenters. The van der Waals surface area contributed by atoms with Crippen LogP contribution in [0.15, 0.2) is 41.1 Å². The monoisotopic (exact) mass is 266 g/mol. The SMILES string of the molecule is CC(F)(F)CNC(=O)c1ccc(-c2cccnc2)o1. The lowest BCUT2D eigenvalue weighted by Gasteiger charge is -2.09. The molecule has 0 aliphatic rings. The van der Waals surface area contributed by atoms with Crippen LogP contribution in [0.4, 0.5) is 8.78 Å². The van der Waals surface area contributed by atoms with E-state index in [9.17, 15) is 13.6 Å². The largest absolute Gasteiger partial charge is 0.451 e. The summed E-state index contributed by atoms with van der Waals surface area (Å²) in [7, 11) is 0. The van der Waals surface area contributed by atoms with E-state index in [1.807, 2.05) is 0 Å². The van der Waals surface area contributed by atoms with Gasteiger partial charge in [-0.1, -0.05) is 0 Å². The summed E-state index contributed by atoms with van der Waals surface area (Å²) >= 11 is 0. The third-order valence-electron chi connectivity index (χ3n) is 2.34. The third kappa shape index (κ3) is 3.61. The Balaban J connectivity index is 2.07. The van der Waals surface area contributed by atoms with Gasteiger partial charge < -0.3 is 9.73 Å². The molecule has 2 aromatic rings. The fourth-order valence-corrected chi connectivity index (χ4v) is 1.45. The molecule has 100 valence electrons. The van der Waals surface area contributed by atoms with Crippen molar-refractivity contribution in [1.29, 1.82) is 0 Å². The van der Waals surface area contributed by atoms with Gasteiger partial charge in [-0.2, -0.15) is 0 Å². The number of pyridine rings is 1. The molecule has 0 spiro atoms. The number of hydrogen-bond donors (Lipinski definition) is 1. The number of halogens is 2. The zero-order chi connectivity index (χ0) is 13.9. The Labute approximate surface area is 108 Å². The first kappa shape index (κ1) is 13.2. The van der Waals surface area contributed by atoms with Gasteiger partial charge in [0.2, 0.25) is 0 Å². The number of carbonyl (C=O) groups is 1. The number of alkyl halides is 2. The molecule has 0 fully saturated rings. The van der Waals surface area contributed by atoms with Gasteiger partial charge in [-0.05, 0) is 24.3 Å². The molecule has 1 amide bonds. The van der Waals surface area contributed by atoms with Gasteiger partial charge in [0, 0.05) is 24.9 Å². The molecule has 0 bridgehead atoms. The Morgan fingerprint density at radius 3 is 2.84 bits per heavy atom. The quantitative estimate of drug-likeness (QED) is 0.925. The Bertz CT molecular complexity index is 562. The van der Waals surface area contributed by atoms with Crippen molar-refractivity contribution in [3.05, 3.63) is 42.4 Å². The van der Waals surface area contributed by atoms with Crippen molar-refractivity contribution in [3.8, 4) is 11.3 Å². The Morgan fingerprint density at radius 1 is 1.42 bits per heavy atom. The van der Waals surface area contributed by atoms with Crippen molar-refractivity contribution < 1.29 is 18.0 Å². The first-order chi connectivity index (χ1) is 8.96. The van der Waals surface area contributed by atoms with Crippen molar-refractivity contribution in [2.24, 2.45) is 0 Å². The number of aromatic nitrogens is 1. The van der Waals surface area contributed by atoms with Gasteiger partial charge in [0.15, 0.2) is 5.76 Å².